The SMILES string of the molecule is COc1cc(OC)cc(C(=CCNCC(F)(F)F)c2ccc3ncc(-c4cnn(C)c4)nc3c2)c1. The number of hydrogen-bond acceptors (Lipinski definition) is 6. The minimum absolute atomic E-state index is 0.00775. The van der Waals surface area contributed by atoms with Crippen molar-refractivity contribution in [2.75, 3.05) is 27.3 Å². The Hall–Kier alpha value is -3.92. The van der Waals surface area contributed by atoms with Gasteiger partial charge in [0.2, 0.25) is 0 Å². The smallest absolute Gasteiger partial charge is 0.401 e. The number of fused-ring (bicyclic) bond motifs is 1. The fraction of sp³-hybridized carbons (Fsp3) is 0.240. The maximum atomic E-state index is 12.6. The van der Waals surface area contributed by atoms with Gasteiger partial charge < -0.3 is 14.8 Å². The van der Waals surface area contributed by atoms with E-state index in [-0.39, 0.29) is 6.54 Å². The molecule has 182 valence electrons. The summed E-state index contributed by atoms with van der Waals surface area (Å²) in [5.41, 5.74) is 5.03. The van der Waals surface area contributed by atoms with Gasteiger partial charge >= 0.3 is 6.18 Å². The van der Waals surface area contributed by atoms with E-state index >= 15 is 0 Å². The van der Waals surface area contributed by atoms with Crippen LogP contribution in [-0.2, 0) is 7.05 Å². The van der Waals surface area contributed by atoms with Crippen molar-refractivity contribution < 1.29 is 22.6 Å². The molecule has 0 aliphatic heterocycles. The number of benzene rings is 2. The summed E-state index contributed by atoms with van der Waals surface area (Å²) in [6.07, 6.45) is 2.65. The highest BCUT2D eigenvalue weighted by molar-refractivity contribution is 5.87. The molecule has 0 aliphatic carbocycles. The maximum absolute atomic E-state index is 12.6. The Morgan fingerprint density at radius 2 is 1.74 bits per heavy atom. The molecule has 0 bridgehead atoms. The third-order valence-corrected chi connectivity index (χ3v) is 5.29. The van der Waals surface area contributed by atoms with Gasteiger partial charge in [0.05, 0.1) is 49.9 Å². The van der Waals surface area contributed by atoms with Crippen LogP contribution >= 0.6 is 0 Å². The van der Waals surface area contributed by atoms with E-state index in [0.29, 0.717) is 33.8 Å². The van der Waals surface area contributed by atoms with E-state index in [1.54, 1.807) is 55.6 Å². The van der Waals surface area contributed by atoms with Crippen molar-refractivity contribution >= 4 is 16.6 Å². The molecule has 0 spiro atoms. The molecule has 0 atom stereocenters. The molecule has 0 saturated carbocycles. The minimum Gasteiger partial charge on any atom is -0.497 e. The van der Waals surface area contributed by atoms with E-state index in [1.165, 1.54) is 0 Å². The highest BCUT2D eigenvalue weighted by Gasteiger charge is 2.25. The van der Waals surface area contributed by atoms with Crippen molar-refractivity contribution in [2.24, 2.45) is 7.05 Å². The first kappa shape index (κ1) is 24.2. The van der Waals surface area contributed by atoms with E-state index in [4.69, 9.17) is 14.5 Å². The summed E-state index contributed by atoms with van der Waals surface area (Å²) in [7, 11) is 4.90. The lowest BCUT2D eigenvalue weighted by atomic mass is 9.96. The summed E-state index contributed by atoms with van der Waals surface area (Å²) in [4.78, 5) is 9.24. The molecule has 4 aromatic rings. The van der Waals surface area contributed by atoms with E-state index in [1.807, 2.05) is 31.4 Å². The molecule has 4 rings (SSSR count). The molecular formula is C25H24F3N5O2. The predicted octanol–water partition coefficient (Wildman–Crippen LogP) is 4.63. The number of nitrogens with one attached hydrogen (secondary N) is 1. The van der Waals surface area contributed by atoms with Gasteiger partial charge in [-0.05, 0) is 41.0 Å². The van der Waals surface area contributed by atoms with Crippen molar-refractivity contribution in [3.8, 4) is 22.8 Å². The molecule has 0 unspecified atom stereocenters. The molecule has 7 nitrogen and oxygen atoms in total. The Bertz CT molecular complexity index is 1340. The lowest BCUT2D eigenvalue weighted by Crippen LogP contribution is -2.28. The fourth-order valence-corrected chi connectivity index (χ4v) is 3.63. The van der Waals surface area contributed by atoms with Crippen molar-refractivity contribution in [1.29, 1.82) is 0 Å². The van der Waals surface area contributed by atoms with Gasteiger partial charge in [-0.2, -0.15) is 18.3 Å². The number of ether oxygens (including phenoxy) is 2. The van der Waals surface area contributed by atoms with E-state index < -0.39 is 12.7 Å². The van der Waals surface area contributed by atoms with Crippen LogP contribution in [0, 0.1) is 0 Å². The molecule has 2 aromatic heterocycles. The Balaban J connectivity index is 1.77. The molecule has 0 amide bonds. The molecule has 2 aromatic carbocycles. The minimum atomic E-state index is -4.30. The average Bonchev–Trinajstić information content (AvgIpc) is 3.28. The molecule has 0 fully saturated rings. The van der Waals surface area contributed by atoms with Crippen molar-refractivity contribution in [3.63, 3.8) is 0 Å². The van der Waals surface area contributed by atoms with Crippen LogP contribution in [0.5, 0.6) is 11.5 Å². The van der Waals surface area contributed by atoms with Gasteiger partial charge in [-0.15, -0.1) is 0 Å². The summed E-state index contributed by atoms with van der Waals surface area (Å²) in [6, 6.07) is 10.9. The monoisotopic (exact) mass is 483 g/mol. The summed E-state index contributed by atoms with van der Waals surface area (Å²) in [6.45, 7) is -1.08. The molecule has 1 N–H and O–H groups in total. The quantitative estimate of drug-likeness (QED) is 0.369. The lowest BCUT2D eigenvalue weighted by molar-refractivity contribution is -0.124. The number of methoxy groups -OCH3 is 2. The van der Waals surface area contributed by atoms with Crippen molar-refractivity contribution in [3.05, 3.63) is 72.2 Å². The number of rotatable bonds is 8. The Labute approximate surface area is 200 Å². The molecule has 0 saturated heterocycles. The highest BCUT2D eigenvalue weighted by atomic mass is 19.4. The van der Waals surface area contributed by atoms with Gasteiger partial charge in [0.15, 0.2) is 0 Å². The van der Waals surface area contributed by atoms with Gasteiger partial charge in [-0.1, -0.05) is 12.1 Å². The summed E-state index contributed by atoms with van der Waals surface area (Å²) >= 11 is 0. The number of hydrogen-bond donors (Lipinski definition) is 1. The van der Waals surface area contributed by atoms with Crippen LogP contribution in [-0.4, -0.2) is 53.2 Å². The second-order valence-electron chi connectivity index (χ2n) is 7.83. The fourth-order valence-electron chi connectivity index (χ4n) is 3.63. The van der Waals surface area contributed by atoms with E-state index in [9.17, 15) is 13.2 Å². The molecule has 10 heteroatoms. The first-order valence-electron chi connectivity index (χ1n) is 10.7. The zero-order valence-electron chi connectivity index (χ0n) is 19.4. The highest BCUT2D eigenvalue weighted by Crippen LogP contribution is 2.32. The Morgan fingerprint density at radius 3 is 2.37 bits per heavy atom. The third-order valence-electron chi connectivity index (χ3n) is 5.29. The summed E-state index contributed by atoms with van der Waals surface area (Å²) in [5.74, 6) is 1.13. The second kappa shape index (κ2) is 10.1. The van der Waals surface area contributed by atoms with Gasteiger partial charge in [-0.3, -0.25) is 9.67 Å². The number of halogens is 3. The van der Waals surface area contributed by atoms with Gasteiger partial charge in [0, 0.05) is 31.4 Å². The number of alkyl halides is 3. The van der Waals surface area contributed by atoms with Crippen molar-refractivity contribution in [1.82, 2.24) is 25.1 Å². The summed E-state index contributed by atoms with van der Waals surface area (Å²) in [5, 5.41) is 6.60. The maximum Gasteiger partial charge on any atom is 0.401 e. The van der Waals surface area contributed by atoms with Crippen molar-refractivity contribution in [2.45, 2.75) is 6.18 Å². The molecule has 0 radical (unpaired) electrons. The van der Waals surface area contributed by atoms with Gasteiger partial charge in [0.25, 0.3) is 0 Å². The molecule has 0 aliphatic rings. The first-order valence-corrected chi connectivity index (χ1v) is 10.7. The summed E-state index contributed by atoms with van der Waals surface area (Å²) < 4.78 is 50.4. The zero-order valence-corrected chi connectivity index (χ0v) is 19.4. The second-order valence-corrected chi connectivity index (χ2v) is 7.83. The zero-order chi connectivity index (χ0) is 25.0. The standard InChI is InChI=1S/C25H24F3N5O2/c1-33-14-18(12-31-33)24-13-30-22-5-4-16(10-23(22)32-24)21(6-7-29-15-25(26,27)28)17-8-19(34-2)11-20(9-17)35-3/h4-6,8-14,29H,7,15H2,1-3H3. The largest absolute Gasteiger partial charge is 0.497 e. The molecule has 35 heavy (non-hydrogen) atoms. The van der Waals surface area contributed by atoms with E-state index in [2.05, 4.69) is 15.4 Å². The average molecular weight is 483 g/mol. The van der Waals surface area contributed by atoms with Crippen LogP contribution < -0.4 is 14.8 Å². The third kappa shape index (κ3) is 5.96. The van der Waals surface area contributed by atoms with Crippen LogP contribution in [0.1, 0.15) is 11.1 Å². The normalized spacial score (nSPS) is 12.2. The number of aromatic nitrogens is 4. The van der Waals surface area contributed by atoms with Crippen LogP contribution in [0.15, 0.2) is 61.1 Å². The first-order chi connectivity index (χ1) is 16.8. The lowest BCUT2D eigenvalue weighted by Gasteiger charge is -2.14. The number of aryl methyl sites for hydroxylation is 1. The molecule has 2 heterocycles. The molecular weight excluding hydrogens is 459 g/mol. The topological polar surface area (TPSA) is 74.1 Å². The van der Waals surface area contributed by atoms with Crippen LogP contribution in [0.4, 0.5) is 13.2 Å². The van der Waals surface area contributed by atoms with Crippen LogP contribution in [0.2, 0.25) is 0 Å². The van der Waals surface area contributed by atoms with Gasteiger partial charge in [0.1, 0.15) is 11.5 Å². The number of nitrogens with zero attached hydrogens (tertiary/aromatic N) is 4. The van der Waals surface area contributed by atoms with Gasteiger partial charge in [-0.25, -0.2) is 4.98 Å². The van der Waals surface area contributed by atoms with E-state index in [0.717, 1.165) is 16.7 Å². The predicted molar refractivity (Wildman–Crippen MR) is 127 cm³/mol. The Kier molecular flexibility index (Phi) is 7.02. The Morgan fingerprint density at radius 1 is 1.00 bits per heavy atom. The van der Waals surface area contributed by atoms with Crippen LogP contribution in [0.25, 0.3) is 27.9 Å². The van der Waals surface area contributed by atoms with Crippen LogP contribution in [0.3, 0.4) is 0 Å².